The number of benzene rings is 2. The van der Waals surface area contributed by atoms with Gasteiger partial charge in [0, 0.05) is 38.3 Å². The van der Waals surface area contributed by atoms with Crippen molar-refractivity contribution in [2.45, 2.75) is 19.0 Å². The van der Waals surface area contributed by atoms with Crippen LogP contribution in [-0.2, 0) is 13.0 Å². The van der Waals surface area contributed by atoms with Gasteiger partial charge in [0.1, 0.15) is 6.04 Å². The number of aryl methyl sites for hydroxylation is 2. The summed E-state index contributed by atoms with van der Waals surface area (Å²) in [6.07, 6.45) is 0.739. The molecule has 4 rings (SSSR count). The fourth-order valence-electron chi connectivity index (χ4n) is 4.54. The van der Waals surface area contributed by atoms with E-state index in [1.807, 2.05) is 35.0 Å². The fourth-order valence-corrected chi connectivity index (χ4v) is 4.54. The van der Waals surface area contributed by atoms with Crippen molar-refractivity contribution in [1.82, 2.24) is 30.0 Å². The van der Waals surface area contributed by atoms with Crippen molar-refractivity contribution in [3.8, 4) is 23.0 Å². The van der Waals surface area contributed by atoms with Gasteiger partial charge in [-0.15, -0.1) is 17.5 Å². The summed E-state index contributed by atoms with van der Waals surface area (Å²) < 4.78 is 24.1. The number of nitrogens with zero attached hydrogens (tertiary/aromatic N) is 6. The van der Waals surface area contributed by atoms with E-state index in [0.29, 0.717) is 29.5 Å². The maximum atomic E-state index is 5.81. The third-order valence-electron chi connectivity index (χ3n) is 6.50. The van der Waals surface area contributed by atoms with E-state index in [-0.39, 0.29) is 18.4 Å². The lowest BCUT2D eigenvalue weighted by Crippen LogP contribution is -2.46. The zero-order valence-corrected chi connectivity index (χ0v) is 22.3. The summed E-state index contributed by atoms with van der Waals surface area (Å²) in [6, 6.07) is 11.7. The van der Waals surface area contributed by atoms with Crippen LogP contribution >= 0.6 is 12.4 Å². The molecule has 1 aliphatic rings. The molecule has 1 unspecified atom stereocenters. The standard InChI is InChI=1S/C25H34N6O4.ClH/c1-29-13-15-30(16-14-29)23(19-7-6-8-21(33-3)24(19)35-5)25-26-27-28-31(25)12-11-18-9-10-20(32-2)22(17-18)34-4;/h6-10,17,23H,11-16H2,1-5H3;1H. The SMILES string of the molecule is COc1ccc(CCn2nnnc2C(c2cccc(OC)c2OC)N2CCN(C)CC2)cc1OC.Cl. The number of aromatic nitrogens is 4. The van der Waals surface area contributed by atoms with Crippen LogP contribution in [0.2, 0.25) is 0 Å². The normalized spacial score (nSPS) is 15.1. The van der Waals surface area contributed by atoms with E-state index in [2.05, 4.69) is 38.4 Å². The second-order valence-corrected chi connectivity index (χ2v) is 8.52. The summed E-state index contributed by atoms with van der Waals surface area (Å²) in [7, 11) is 8.74. The third kappa shape index (κ3) is 5.83. The van der Waals surface area contributed by atoms with Crippen LogP contribution in [0.3, 0.4) is 0 Å². The van der Waals surface area contributed by atoms with Crippen molar-refractivity contribution in [1.29, 1.82) is 0 Å². The number of likely N-dealkylation sites (N-methyl/N-ethyl adjacent to an activating group) is 1. The molecule has 10 nitrogen and oxygen atoms in total. The first-order valence-electron chi connectivity index (χ1n) is 11.7. The van der Waals surface area contributed by atoms with Crippen molar-refractivity contribution in [3.63, 3.8) is 0 Å². The van der Waals surface area contributed by atoms with E-state index in [9.17, 15) is 0 Å². The molecule has 1 atom stereocenters. The lowest BCUT2D eigenvalue weighted by molar-refractivity contribution is 0.120. The number of tetrazole rings is 1. The van der Waals surface area contributed by atoms with E-state index in [0.717, 1.165) is 49.6 Å². The maximum Gasteiger partial charge on any atom is 0.173 e. The Labute approximate surface area is 218 Å². The van der Waals surface area contributed by atoms with Crippen LogP contribution in [0.5, 0.6) is 23.0 Å². The van der Waals surface area contributed by atoms with Crippen molar-refractivity contribution >= 4 is 12.4 Å². The van der Waals surface area contributed by atoms with Gasteiger partial charge in [-0.3, -0.25) is 4.90 Å². The maximum absolute atomic E-state index is 5.81. The van der Waals surface area contributed by atoms with Gasteiger partial charge in [-0.25, -0.2) is 4.68 Å². The minimum Gasteiger partial charge on any atom is -0.493 e. The van der Waals surface area contributed by atoms with E-state index in [1.165, 1.54) is 0 Å². The molecule has 0 bridgehead atoms. The number of ether oxygens (including phenoxy) is 4. The summed E-state index contributed by atoms with van der Waals surface area (Å²) in [5.41, 5.74) is 2.10. The number of halogens is 1. The van der Waals surface area contributed by atoms with Gasteiger partial charge in [-0.2, -0.15) is 0 Å². The zero-order chi connectivity index (χ0) is 24.8. The molecule has 196 valence electrons. The highest BCUT2D eigenvalue weighted by molar-refractivity contribution is 5.85. The van der Waals surface area contributed by atoms with Crippen molar-refractivity contribution in [2.75, 3.05) is 61.7 Å². The molecule has 2 aromatic carbocycles. The van der Waals surface area contributed by atoms with Crippen LogP contribution in [0.4, 0.5) is 0 Å². The van der Waals surface area contributed by atoms with E-state index in [1.54, 1.807) is 28.4 Å². The second-order valence-electron chi connectivity index (χ2n) is 8.52. The number of hydrogen-bond donors (Lipinski definition) is 0. The van der Waals surface area contributed by atoms with E-state index < -0.39 is 0 Å². The van der Waals surface area contributed by atoms with E-state index in [4.69, 9.17) is 18.9 Å². The van der Waals surface area contributed by atoms with Crippen LogP contribution in [0.1, 0.15) is 23.0 Å². The quantitative estimate of drug-likeness (QED) is 0.402. The molecule has 1 aromatic heterocycles. The highest BCUT2D eigenvalue weighted by atomic mass is 35.5. The van der Waals surface area contributed by atoms with Crippen LogP contribution in [0, 0.1) is 0 Å². The Morgan fingerprint density at radius 2 is 1.58 bits per heavy atom. The zero-order valence-electron chi connectivity index (χ0n) is 21.5. The predicted octanol–water partition coefficient (Wildman–Crippen LogP) is 2.71. The van der Waals surface area contributed by atoms with Crippen molar-refractivity contribution < 1.29 is 18.9 Å². The highest BCUT2D eigenvalue weighted by Crippen LogP contribution is 2.39. The summed E-state index contributed by atoms with van der Waals surface area (Å²) in [6.45, 7) is 4.34. The van der Waals surface area contributed by atoms with Crippen molar-refractivity contribution in [3.05, 3.63) is 53.3 Å². The topological polar surface area (TPSA) is 87.0 Å². The van der Waals surface area contributed by atoms with Gasteiger partial charge in [-0.05, 0) is 47.7 Å². The third-order valence-corrected chi connectivity index (χ3v) is 6.50. The van der Waals surface area contributed by atoms with Gasteiger partial charge >= 0.3 is 0 Å². The molecule has 0 saturated carbocycles. The fraction of sp³-hybridized carbons (Fsp3) is 0.480. The molecular weight excluding hydrogens is 484 g/mol. The molecule has 1 saturated heterocycles. The predicted molar refractivity (Wildman–Crippen MR) is 139 cm³/mol. The first kappa shape index (κ1) is 27.5. The molecule has 3 aromatic rings. The molecule has 1 fully saturated rings. The Balaban J connectivity index is 0.00000361. The second kappa shape index (κ2) is 12.8. The Hall–Kier alpha value is -3.08. The van der Waals surface area contributed by atoms with Gasteiger partial charge in [-0.1, -0.05) is 18.2 Å². The van der Waals surface area contributed by atoms with Gasteiger partial charge in [0.15, 0.2) is 28.8 Å². The lowest BCUT2D eigenvalue weighted by Gasteiger charge is -2.38. The van der Waals surface area contributed by atoms with Gasteiger partial charge < -0.3 is 23.8 Å². The largest absolute Gasteiger partial charge is 0.493 e. The lowest BCUT2D eigenvalue weighted by atomic mass is 10.0. The number of para-hydroxylation sites is 1. The first-order valence-corrected chi connectivity index (χ1v) is 11.7. The average Bonchev–Trinajstić information content (AvgIpc) is 3.36. The smallest absolute Gasteiger partial charge is 0.173 e. The molecule has 0 aliphatic carbocycles. The Kier molecular flexibility index (Phi) is 9.74. The van der Waals surface area contributed by atoms with Crippen LogP contribution in [0.25, 0.3) is 0 Å². The summed E-state index contributed by atoms with van der Waals surface area (Å²) in [5.74, 6) is 3.58. The summed E-state index contributed by atoms with van der Waals surface area (Å²) in [4.78, 5) is 4.74. The number of piperazine rings is 1. The Bertz CT molecular complexity index is 1120. The minimum atomic E-state index is -0.172. The van der Waals surface area contributed by atoms with Crippen molar-refractivity contribution in [2.24, 2.45) is 0 Å². The highest BCUT2D eigenvalue weighted by Gasteiger charge is 2.33. The average molecular weight is 519 g/mol. The van der Waals surface area contributed by atoms with Crippen LogP contribution < -0.4 is 18.9 Å². The first-order chi connectivity index (χ1) is 17.1. The molecule has 0 radical (unpaired) electrons. The molecule has 1 aliphatic heterocycles. The number of methoxy groups -OCH3 is 4. The monoisotopic (exact) mass is 518 g/mol. The number of hydrogen-bond acceptors (Lipinski definition) is 9. The van der Waals surface area contributed by atoms with Gasteiger partial charge in [0.05, 0.1) is 28.4 Å². The Morgan fingerprint density at radius 3 is 2.25 bits per heavy atom. The minimum absolute atomic E-state index is 0. The summed E-state index contributed by atoms with van der Waals surface area (Å²) >= 11 is 0. The van der Waals surface area contributed by atoms with Crippen LogP contribution in [-0.4, -0.2) is 91.7 Å². The van der Waals surface area contributed by atoms with Gasteiger partial charge in [0.2, 0.25) is 0 Å². The molecule has 2 heterocycles. The molecular formula is C25H35ClN6O4. The Morgan fingerprint density at radius 1 is 0.861 bits per heavy atom. The molecule has 36 heavy (non-hydrogen) atoms. The van der Waals surface area contributed by atoms with E-state index >= 15 is 0 Å². The molecule has 11 heteroatoms. The summed E-state index contributed by atoms with van der Waals surface area (Å²) in [5, 5.41) is 12.9. The molecule has 0 spiro atoms. The molecule has 0 N–H and O–H groups in total. The van der Waals surface area contributed by atoms with Gasteiger partial charge in [0.25, 0.3) is 0 Å². The van der Waals surface area contributed by atoms with Crippen LogP contribution in [0.15, 0.2) is 36.4 Å². The number of rotatable bonds is 10. The molecule has 0 amide bonds.